The average Bonchev–Trinajstić information content (AvgIpc) is 2.77. The van der Waals surface area contributed by atoms with Gasteiger partial charge < -0.3 is 4.74 Å². The number of hydrogen-bond donors (Lipinski definition) is 0. The zero-order valence-corrected chi connectivity index (χ0v) is 11.7. The van der Waals surface area contributed by atoms with Gasteiger partial charge in [0.1, 0.15) is 5.78 Å². The molecule has 0 saturated carbocycles. The third-order valence-electron chi connectivity index (χ3n) is 2.75. The molecule has 1 heterocycles. The van der Waals surface area contributed by atoms with Crippen molar-refractivity contribution in [1.82, 2.24) is 15.0 Å². The average molecular weight is 253 g/mol. The molecule has 0 amide bonds. The van der Waals surface area contributed by atoms with Gasteiger partial charge in [-0.1, -0.05) is 32.9 Å². The lowest BCUT2D eigenvalue weighted by Crippen LogP contribution is -2.12. The minimum atomic E-state index is 0.0949. The van der Waals surface area contributed by atoms with Gasteiger partial charge in [0, 0.05) is 18.5 Å². The van der Waals surface area contributed by atoms with Crippen molar-refractivity contribution in [3.63, 3.8) is 0 Å². The minimum Gasteiger partial charge on any atom is -0.379 e. The molecule has 1 aromatic heterocycles. The first-order valence-corrected chi connectivity index (χ1v) is 6.51. The predicted molar refractivity (Wildman–Crippen MR) is 69.4 cm³/mol. The summed E-state index contributed by atoms with van der Waals surface area (Å²) in [6.45, 7) is 9.71. The second-order valence-electron chi connectivity index (χ2n) is 5.04. The Labute approximate surface area is 109 Å². The fourth-order valence-corrected chi connectivity index (χ4v) is 1.41. The van der Waals surface area contributed by atoms with Gasteiger partial charge in [-0.15, -0.1) is 5.10 Å². The zero-order valence-electron chi connectivity index (χ0n) is 11.7. The number of rotatable bonds is 8. The maximum Gasteiger partial charge on any atom is 0.137 e. The third-order valence-corrected chi connectivity index (χ3v) is 2.75. The lowest BCUT2D eigenvalue weighted by Gasteiger charge is -2.05. The molecule has 0 aliphatic rings. The maximum atomic E-state index is 11.3. The van der Waals surface area contributed by atoms with Gasteiger partial charge in [0.15, 0.2) is 0 Å². The topological polar surface area (TPSA) is 57.0 Å². The van der Waals surface area contributed by atoms with E-state index in [9.17, 15) is 4.79 Å². The number of carbonyl (C=O) groups excluding carboxylic acids is 1. The monoisotopic (exact) mass is 253 g/mol. The minimum absolute atomic E-state index is 0.0949. The van der Waals surface area contributed by atoms with Gasteiger partial charge in [-0.25, -0.2) is 4.68 Å². The highest BCUT2D eigenvalue weighted by molar-refractivity contribution is 5.80. The smallest absolute Gasteiger partial charge is 0.137 e. The molecule has 5 heteroatoms. The van der Waals surface area contributed by atoms with E-state index in [0.29, 0.717) is 32.1 Å². The number of ether oxygens (including phenoxy) is 1. The van der Waals surface area contributed by atoms with Crippen LogP contribution in [0, 0.1) is 5.92 Å². The Morgan fingerprint density at radius 1 is 1.33 bits per heavy atom. The Morgan fingerprint density at radius 3 is 2.61 bits per heavy atom. The molecule has 0 atom stereocenters. The van der Waals surface area contributed by atoms with Crippen LogP contribution in [0.5, 0.6) is 0 Å². The van der Waals surface area contributed by atoms with E-state index in [4.69, 9.17) is 4.74 Å². The van der Waals surface area contributed by atoms with Crippen molar-refractivity contribution >= 4 is 5.78 Å². The molecule has 5 nitrogen and oxygen atoms in total. The molecule has 0 spiro atoms. The van der Waals surface area contributed by atoms with Crippen molar-refractivity contribution in [2.45, 2.75) is 46.6 Å². The summed E-state index contributed by atoms with van der Waals surface area (Å²) in [6.07, 6.45) is 2.43. The molecular weight excluding hydrogens is 230 g/mol. The van der Waals surface area contributed by atoms with Crippen molar-refractivity contribution in [3.8, 4) is 0 Å². The molecule has 1 aromatic rings. The third kappa shape index (κ3) is 4.96. The Hall–Kier alpha value is -1.23. The van der Waals surface area contributed by atoms with Gasteiger partial charge in [0.25, 0.3) is 0 Å². The van der Waals surface area contributed by atoms with Crippen molar-refractivity contribution in [2.24, 2.45) is 5.92 Å². The summed E-state index contributed by atoms with van der Waals surface area (Å²) in [5.74, 6) is 0.735. The van der Waals surface area contributed by atoms with E-state index in [1.54, 1.807) is 4.68 Å². The van der Waals surface area contributed by atoms with Gasteiger partial charge in [0.05, 0.1) is 25.5 Å². The Bertz CT molecular complexity index is 372. The summed E-state index contributed by atoms with van der Waals surface area (Å²) in [5, 5.41) is 8.09. The number of Topliss-reactive ketones (excluding diaryl/α,β-unsaturated/α-hetero) is 1. The van der Waals surface area contributed by atoms with Gasteiger partial charge in [-0.2, -0.15) is 0 Å². The van der Waals surface area contributed by atoms with E-state index in [1.807, 2.05) is 20.0 Å². The molecule has 102 valence electrons. The van der Waals surface area contributed by atoms with Crippen LogP contribution in [0.3, 0.4) is 0 Å². The van der Waals surface area contributed by atoms with E-state index >= 15 is 0 Å². The van der Waals surface area contributed by atoms with Gasteiger partial charge in [0.2, 0.25) is 0 Å². The first-order valence-electron chi connectivity index (χ1n) is 6.51. The summed E-state index contributed by atoms with van der Waals surface area (Å²) in [4.78, 5) is 11.3. The number of ketones is 1. The number of nitrogens with zero attached hydrogens (tertiary/aromatic N) is 3. The lowest BCUT2D eigenvalue weighted by atomic mass is 10.1. The summed E-state index contributed by atoms with van der Waals surface area (Å²) < 4.78 is 7.20. The molecule has 18 heavy (non-hydrogen) atoms. The van der Waals surface area contributed by atoms with Crippen LogP contribution in [0.2, 0.25) is 0 Å². The van der Waals surface area contributed by atoms with Crippen molar-refractivity contribution in [1.29, 1.82) is 0 Å². The molecule has 0 fully saturated rings. The summed E-state index contributed by atoms with van der Waals surface area (Å²) in [6, 6.07) is 0. The predicted octanol–water partition coefficient (Wildman–Crippen LogP) is 2.03. The van der Waals surface area contributed by atoms with Crippen LogP contribution in [-0.2, 0) is 16.1 Å². The SMILES string of the molecule is CC(C)C(=O)CCOCCn1cc(C(C)C)nn1. The number of carbonyl (C=O) groups is 1. The van der Waals surface area contributed by atoms with Crippen LogP contribution >= 0.6 is 0 Å². The fourth-order valence-electron chi connectivity index (χ4n) is 1.41. The second kappa shape index (κ2) is 7.26. The van der Waals surface area contributed by atoms with E-state index in [1.165, 1.54) is 0 Å². The molecule has 0 N–H and O–H groups in total. The normalized spacial score (nSPS) is 11.4. The molecule has 0 aliphatic carbocycles. The lowest BCUT2D eigenvalue weighted by molar-refractivity contribution is -0.123. The van der Waals surface area contributed by atoms with Crippen LogP contribution in [-0.4, -0.2) is 34.0 Å². The fraction of sp³-hybridized carbons (Fsp3) is 0.769. The molecular formula is C13H23N3O2. The molecule has 0 aromatic carbocycles. The van der Waals surface area contributed by atoms with Crippen LogP contribution in [0.4, 0.5) is 0 Å². The molecule has 1 rings (SSSR count). The Kier molecular flexibility index (Phi) is 5.98. The molecule has 0 aliphatic heterocycles. The van der Waals surface area contributed by atoms with Gasteiger partial charge >= 0.3 is 0 Å². The first-order chi connectivity index (χ1) is 8.50. The van der Waals surface area contributed by atoms with E-state index in [2.05, 4.69) is 24.2 Å². The molecule has 0 unspecified atom stereocenters. The van der Waals surface area contributed by atoms with Crippen molar-refractivity contribution in [2.75, 3.05) is 13.2 Å². The van der Waals surface area contributed by atoms with E-state index in [0.717, 1.165) is 5.69 Å². The molecule has 0 radical (unpaired) electrons. The highest BCUT2D eigenvalue weighted by atomic mass is 16.5. The number of aromatic nitrogens is 3. The highest BCUT2D eigenvalue weighted by Crippen LogP contribution is 2.08. The summed E-state index contributed by atoms with van der Waals surface area (Å²) in [7, 11) is 0. The second-order valence-corrected chi connectivity index (χ2v) is 5.04. The van der Waals surface area contributed by atoms with Gasteiger partial charge in [-0.05, 0) is 5.92 Å². The Balaban J connectivity index is 2.16. The van der Waals surface area contributed by atoms with Crippen LogP contribution in [0.25, 0.3) is 0 Å². The molecule has 0 bridgehead atoms. The van der Waals surface area contributed by atoms with Crippen LogP contribution < -0.4 is 0 Å². The quantitative estimate of drug-likeness (QED) is 0.665. The highest BCUT2D eigenvalue weighted by Gasteiger charge is 2.07. The van der Waals surface area contributed by atoms with E-state index in [-0.39, 0.29) is 11.7 Å². The van der Waals surface area contributed by atoms with Crippen molar-refractivity contribution in [3.05, 3.63) is 11.9 Å². The van der Waals surface area contributed by atoms with Crippen molar-refractivity contribution < 1.29 is 9.53 Å². The standard InChI is InChI=1S/C13H23N3O2/c1-10(2)12-9-16(15-14-12)6-8-18-7-5-13(17)11(3)4/h9-11H,5-8H2,1-4H3. The largest absolute Gasteiger partial charge is 0.379 e. The van der Waals surface area contributed by atoms with Crippen LogP contribution in [0.15, 0.2) is 6.20 Å². The zero-order chi connectivity index (χ0) is 13.5. The first kappa shape index (κ1) is 14.8. The maximum absolute atomic E-state index is 11.3. The molecule has 0 saturated heterocycles. The number of hydrogen-bond acceptors (Lipinski definition) is 4. The van der Waals surface area contributed by atoms with Crippen LogP contribution in [0.1, 0.15) is 45.7 Å². The summed E-state index contributed by atoms with van der Waals surface area (Å²) in [5.41, 5.74) is 0.991. The van der Waals surface area contributed by atoms with E-state index < -0.39 is 0 Å². The summed E-state index contributed by atoms with van der Waals surface area (Å²) >= 11 is 0. The Morgan fingerprint density at radius 2 is 2.06 bits per heavy atom. The van der Waals surface area contributed by atoms with Gasteiger partial charge in [-0.3, -0.25) is 4.79 Å².